The summed E-state index contributed by atoms with van der Waals surface area (Å²) in [5.74, 6) is -2.13. The molecule has 3 aliphatic rings. The number of hydrogen-bond acceptors (Lipinski definition) is 10. The molecule has 8 rings (SSSR count). The van der Waals surface area contributed by atoms with E-state index in [2.05, 4.69) is 9.97 Å². The number of halogens is 16. The Bertz CT molecular complexity index is 2940. The molecule has 1 aromatic heterocycles. The Morgan fingerprint density at radius 3 is 1.28 bits per heavy atom. The lowest BCUT2D eigenvalue weighted by Gasteiger charge is -2.25. The van der Waals surface area contributed by atoms with E-state index < -0.39 is 70.9 Å². The minimum atomic E-state index is -4.77. The number of hydrogen-bond donors (Lipinski definition) is 2. The molecule has 0 unspecified atom stereocenters. The summed E-state index contributed by atoms with van der Waals surface area (Å²) in [5, 5.41) is -0.363. The summed E-state index contributed by atoms with van der Waals surface area (Å²) in [6.45, 7) is 13.0. The predicted octanol–water partition coefficient (Wildman–Crippen LogP) is 15.8. The number of carbonyl (C=O) groups excluding carboxylic acids is 4. The van der Waals surface area contributed by atoms with Crippen molar-refractivity contribution >= 4 is 43.7 Å². The smallest absolute Gasteiger partial charge is 0.381 e. The number of anilines is 1. The molecule has 3 fully saturated rings. The highest BCUT2D eigenvalue weighted by molar-refractivity contribution is 6.29. The topological polar surface area (TPSA) is 168 Å². The largest absolute Gasteiger partial charge is 0.451 e. The lowest BCUT2D eigenvalue weighted by atomic mass is 9.97. The Kier molecular flexibility index (Phi) is 37.6. The monoisotopic (exact) mass is 1300 g/mol. The van der Waals surface area contributed by atoms with Gasteiger partial charge in [-0.1, -0.05) is 50.7 Å². The lowest BCUT2D eigenvalue weighted by Crippen LogP contribution is -2.37. The summed E-state index contributed by atoms with van der Waals surface area (Å²) in [6.07, 6.45) is -14.0. The van der Waals surface area contributed by atoms with Crippen LogP contribution in [0.15, 0.2) is 78.9 Å². The molecule has 3 aliphatic heterocycles. The van der Waals surface area contributed by atoms with Crippen molar-refractivity contribution in [2.45, 2.75) is 157 Å². The summed E-state index contributed by atoms with van der Waals surface area (Å²) in [7, 11) is 0. The maximum Gasteiger partial charge on any atom is 0.451 e. The van der Waals surface area contributed by atoms with Crippen molar-refractivity contribution in [2.75, 3.05) is 44.4 Å². The summed E-state index contributed by atoms with van der Waals surface area (Å²) in [4.78, 5) is 47.9. The van der Waals surface area contributed by atoms with Crippen molar-refractivity contribution in [1.29, 1.82) is 0 Å². The molecular formula is C61H75BClF15N5O6. The van der Waals surface area contributed by atoms with Gasteiger partial charge in [-0.05, 0) is 192 Å². The molecule has 0 spiro atoms. The number of aryl methyl sites for hydroxylation is 6. The van der Waals surface area contributed by atoms with Crippen LogP contribution in [0.5, 0.6) is 0 Å². The third kappa shape index (κ3) is 31.2. The first kappa shape index (κ1) is 84.5. The summed E-state index contributed by atoms with van der Waals surface area (Å²) >= 11 is 5.73. The number of benzene rings is 4. The Morgan fingerprint density at radius 2 is 0.944 bits per heavy atom. The first-order valence-electron chi connectivity index (χ1n) is 26.6. The second-order valence-electron chi connectivity index (χ2n) is 19.7. The molecule has 1 amide bonds. The molecule has 89 heavy (non-hydrogen) atoms. The normalized spacial score (nSPS) is 14.3. The fourth-order valence-corrected chi connectivity index (χ4v) is 8.51. The SMILES string of the molecule is C.C.C1CCOC1.C1CCOC1.Cc1cc(C(F)(F)F)ccc1CC(N)=O.Cc1cc(C(F)(F)F)ccc1CCCC(=O)[C@@H]1CCCN1c1cc(Cl)nc(C(F)(F)F)n1.Cc1cc(C(F)(F)F)ccc1CCN.Cc1ccc(C(F)(F)F)cc1C.O=C=O.[B]. The number of ketones is 1. The van der Waals surface area contributed by atoms with Crippen LogP contribution in [0.1, 0.15) is 139 Å². The first-order valence-corrected chi connectivity index (χ1v) is 27.0. The zero-order valence-electron chi connectivity index (χ0n) is 48.2. The van der Waals surface area contributed by atoms with E-state index in [1.165, 1.54) is 67.8 Å². The maximum absolute atomic E-state index is 13.0. The predicted molar refractivity (Wildman–Crippen MR) is 310 cm³/mol. The third-order valence-electron chi connectivity index (χ3n) is 13.0. The van der Waals surface area contributed by atoms with Crippen LogP contribution >= 0.6 is 11.6 Å². The zero-order chi connectivity index (χ0) is 65.2. The molecule has 0 aliphatic carbocycles. The number of aromatic nitrogens is 2. The fourth-order valence-electron chi connectivity index (χ4n) is 8.33. The molecule has 4 aromatic carbocycles. The van der Waals surface area contributed by atoms with Crippen molar-refractivity contribution in [3.05, 3.63) is 157 Å². The van der Waals surface area contributed by atoms with Crippen molar-refractivity contribution in [2.24, 2.45) is 11.5 Å². The molecule has 3 radical (unpaired) electrons. The van der Waals surface area contributed by atoms with Gasteiger partial charge in [-0.2, -0.15) is 75.4 Å². The van der Waals surface area contributed by atoms with Crippen molar-refractivity contribution < 1.29 is 94.5 Å². The van der Waals surface area contributed by atoms with Crippen LogP contribution < -0.4 is 16.4 Å². The summed E-state index contributed by atoms with van der Waals surface area (Å²) in [5.41, 5.74) is 12.9. The van der Waals surface area contributed by atoms with E-state index in [0.717, 1.165) is 86.1 Å². The molecule has 0 bridgehead atoms. The summed E-state index contributed by atoms with van der Waals surface area (Å²) in [6, 6.07) is 14.8. The van der Waals surface area contributed by atoms with Crippen LogP contribution in [0.4, 0.5) is 71.7 Å². The van der Waals surface area contributed by atoms with Gasteiger partial charge in [0.25, 0.3) is 0 Å². The quantitative estimate of drug-likeness (QED) is 0.0780. The highest BCUT2D eigenvalue weighted by Crippen LogP contribution is 2.35. The standard InChI is InChI=1S/C21H20ClF6N3O.C10H10F3NO.C10H12F3N.C9H9F3.2C4H8O.CO2.2CH4.B/c1-12-10-14(20(23,24)25)8-7-13(12)4-2-6-16(32)15-5-3-9-31(15)18-11-17(22)29-19(30-18)21(26,27)28;1-6-4-8(10(11,12)13)3-2-7(6)5-9(14)15;1-7-6-9(10(11,12)13)3-2-8(7)4-5-14;1-6-3-4-8(5-7(6)2)9(10,11)12;2*1-2-4-5-3-1;2-1-3;;;/h7-8,10-11,15H,2-6,9H2,1H3;2-4H,5H2,1H3,(H2,14,15);2-3,6H,4-5,14H2,1H3;3-5H,1-2H3;2*1-4H2;;2*1H4;/t15-;;;;;;;;;/m0........./s1. The number of nitrogens with two attached hydrogens (primary N) is 2. The molecular weight excluding hydrogens is 1230 g/mol. The van der Waals surface area contributed by atoms with E-state index in [1.54, 1.807) is 27.7 Å². The van der Waals surface area contributed by atoms with E-state index in [1.807, 2.05) is 0 Å². The molecule has 0 saturated carbocycles. The highest BCUT2D eigenvalue weighted by atomic mass is 35.5. The number of alkyl halides is 15. The van der Waals surface area contributed by atoms with Crippen LogP contribution in [0.25, 0.3) is 0 Å². The molecule has 1 atom stereocenters. The van der Waals surface area contributed by atoms with Crippen LogP contribution in [0.2, 0.25) is 5.15 Å². The molecule has 5 aromatic rings. The maximum atomic E-state index is 13.0. The molecule has 28 heteroatoms. The van der Waals surface area contributed by atoms with Crippen LogP contribution in [-0.4, -0.2) is 81.8 Å². The number of amides is 1. The molecule has 11 nitrogen and oxygen atoms in total. The second kappa shape index (κ2) is 39.6. The fraction of sp³-hybridized carbons (Fsp3) is 0.492. The molecule has 4 N–H and O–H groups in total. The van der Waals surface area contributed by atoms with Crippen LogP contribution in [-0.2, 0) is 78.8 Å². The van der Waals surface area contributed by atoms with E-state index in [0.29, 0.717) is 78.6 Å². The van der Waals surface area contributed by atoms with Crippen molar-refractivity contribution in [3.8, 4) is 0 Å². The van der Waals surface area contributed by atoms with Gasteiger partial charge in [0.15, 0.2) is 5.78 Å². The van der Waals surface area contributed by atoms with Gasteiger partial charge in [0.1, 0.15) is 11.0 Å². The zero-order valence-corrected chi connectivity index (χ0v) is 48.9. The number of nitrogens with zero attached hydrogens (tertiary/aromatic N) is 3. The highest BCUT2D eigenvalue weighted by Gasteiger charge is 2.38. The van der Waals surface area contributed by atoms with E-state index in [-0.39, 0.29) is 59.0 Å². The van der Waals surface area contributed by atoms with Crippen LogP contribution in [0.3, 0.4) is 0 Å². The minimum absolute atomic E-state index is 0. The number of Topliss-reactive ketones (excluding diaryl/α,β-unsaturated/α-hetero) is 1. The summed E-state index contributed by atoms with van der Waals surface area (Å²) < 4.78 is 197. The number of rotatable bonds is 10. The van der Waals surface area contributed by atoms with Crippen molar-refractivity contribution in [1.82, 2.24) is 9.97 Å². The molecule has 3 saturated heterocycles. The average molecular weight is 1310 g/mol. The second-order valence-corrected chi connectivity index (χ2v) is 20.0. The third-order valence-corrected chi connectivity index (χ3v) is 13.2. The van der Waals surface area contributed by atoms with Gasteiger partial charge in [0.05, 0.1) is 34.7 Å². The van der Waals surface area contributed by atoms with Gasteiger partial charge in [-0.25, -0.2) is 9.97 Å². The van der Waals surface area contributed by atoms with Crippen molar-refractivity contribution in [3.63, 3.8) is 0 Å². The van der Waals surface area contributed by atoms with E-state index in [9.17, 15) is 75.4 Å². The van der Waals surface area contributed by atoms with Gasteiger partial charge in [0, 0.05) is 53.9 Å². The lowest BCUT2D eigenvalue weighted by molar-refractivity contribution is -0.192. The first-order chi connectivity index (χ1) is 39.9. The van der Waals surface area contributed by atoms with Gasteiger partial charge in [0.2, 0.25) is 11.7 Å². The Morgan fingerprint density at radius 1 is 0.562 bits per heavy atom. The Balaban J connectivity index is 0. The van der Waals surface area contributed by atoms with Gasteiger partial charge in [-0.3, -0.25) is 9.59 Å². The molecule has 495 valence electrons. The van der Waals surface area contributed by atoms with E-state index in [4.69, 9.17) is 42.1 Å². The minimum Gasteiger partial charge on any atom is -0.381 e. The van der Waals surface area contributed by atoms with Gasteiger partial charge in [-0.15, -0.1) is 0 Å². The average Bonchev–Trinajstić information content (AvgIpc) is 3.22. The number of ether oxygens (including phenoxy) is 2. The van der Waals surface area contributed by atoms with Gasteiger partial charge >= 0.3 is 37.0 Å². The molecule has 4 heterocycles. The van der Waals surface area contributed by atoms with E-state index >= 15 is 0 Å². The Hall–Kier alpha value is -6.54. The van der Waals surface area contributed by atoms with Crippen LogP contribution in [0, 0.1) is 34.6 Å². The Labute approximate surface area is 516 Å². The number of carbonyl (C=O) groups is 2. The number of primary amides is 1. The van der Waals surface area contributed by atoms with Gasteiger partial charge < -0.3 is 25.8 Å².